The van der Waals surface area contributed by atoms with Gasteiger partial charge in [0.1, 0.15) is 0 Å². The summed E-state index contributed by atoms with van der Waals surface area (Å²) in [5.74, 6) is 0. The van der Waals surface area contributed by atoms with E-state index in [1.807, 2.05) is 7.05 Å². The number of allylic oxidation sites excluding steroid dienone is 4. The van der Waals surface area contributed by atoms with Crippen LogP contribution in [-0.2, 0) is 0 Å². The zero-order chi connectivity index (χ0) is 15.4. The molecule has 0 aliphatic heterocycles. The Hall–Kier alpha value is -1.50. The van der Waals surface area contributed by atoms with Crippen molar-refractivity contribution in [1.29, 1.82) is 0 Å². The molecule has 0 saturated heterocycles. The number of hydrogen-bond donors (Lipinski definition) is 1. The van der Waals surface area contributed by atoms with E-state index >= 15 is 0 Å². The van der Waals surface area contributed by atoms with Gasteiger partial charge in [0.15, 0.2) is 0 Å². The van der Waals surface area contributed by atoms with Crippen LogP contribution in [0.3, 0.4) is 0 Å². The SMILES string of the molecule is CC1=CCC=C1C.CNc1c(C)c(C)c(C)c(C)c1C. The summed E-state index contributed by atoms with van der Waals surface area (Å²) in [7, 11) is 1.99. The van der Waals surface area contributed by atoms with Crippen molar-refractivity contribution in [3.8, 4) is 0 Å². The molecule has 0 saturated carbocycles. The summed E-state index contributed by atoms with van der Waals surface area (Å²) >= 11 is 0. The number of hydrogen-bond acceptors (Lipinski definition) is 1. The van der Waals surface area contributed by atoms with Gasteiger partial charge in [0, 0.05) is 12.7 Å². The maximum absolute atomic E-state index is 3.27. The van der Waals surface area contributed by atoms with E-state index in [-0.39, 0.29) is 0 Å². The predicted molar refractivity (Wildman–Crippen MR) is 91.8 cm³/mol. The van der Waals surface area contributed by atoms with E-state index in [2.05, 4.69) is 65.9 Å². The van der Waals surface area contributed by atoms with Gasteiger partial charge in [-0.3, -0.25) is 0 Å². The highest BCUT2D eigenvalue weighted by atomic mass is 14.8. The molecule has 0 atom stereocenters. The van der Waals surface area contributed by atoms with E-state index in [4.69, 9.17) is 0 Å². The Morgan fingerprint density at radius 2 is 1.00 bits per heavy atom. The molecule has 1 aromatic rings. The second-order valence-corrected chi connectivity index (χ2v) is 5.76. The van der Waals surface area contributed by atoms with Gasteiger partial charge < -0.3 is 5.32 Å². The highest BCUT2D eigenvalue weighted by Crippen LogP contribution is 2.29. The van der Waals surface area contributed by atoms with Crippen LogP contribution >= 0.6 is 0 Å². The van der Waals surface area contributed by atoms with Crippen molar-refractivity contribution in [3.63, 3.8) is 0 Å². The Morgan fingerprint density at radius 3 is 1.25 bits per heavy atom. The van der Waals surface area contributed by atoms with Crippen molar-refractivity contribution >= 4 is 5.69 Å². The molecular formula is C19H29N. The first kappa shape index (κ1) is 16.6. The summed E-state index contributed by atoms with van der Waals surface area (Å²) in [6.07, 6.45) is 5.64. The summed E-state index contributed by atoms with van der Waals surface area (Å²) in [6, 6.07) is 0. The lowest BCUT2D eigenvalue weighted by Gasteiger charge is -2.17. The zero-order valence-corrected chi connectivity index (χ0v) is 14.4. The van der Waals surface area contributed by atoms with Gasteiger partial charge in [-0.1, -0.05) is 23.3 Å². The van der Waals surface area contributed by atoms with Gasteiger partial charge in [-0.2, -0.15) is 0 Å². The first-order chi connectivity index (χ1) is 9.31. The van der Waals surface area contributed by atoms with E-state index in [1.54, 1.807) is 0 Å². The minimum absolute atomic E-state index is 1.15. The molecule has 0 spiro atoms. The minimum atomic E-state index is 1.15. The van der Waals surface area contributed by atoms with E-state index < -0.39 is 0 Å². The van der Waals surface area contributed by atoms with Crippen LogP contribution in [0.1, 0.15) is 48.1 Å². The summed E-state index contributed by atoms with van der Waals surface area (Å²) < 4.78 is 0. The van der Waals surface area contributed by atoms with Gasteiger partial charge in [-0.25, -0.2) is 0 Å². The number of rotatable bonds is 1. The first-order valence-corrected chi connectivity index (χ1v) is 7.39. The minimum Gasteiger partial charge on any atom is -0.388 e. The molecule has 0 aromatic heterocycles. The number of benzene rings is 1. The summed E-state index contributed by atoms with van der Waals surface area (Å²) in [5, 5.41) is 3.27. The molecule has 0 unspecified atom stereocenters. The van der Waals surface area contributed by atoms with Crippen LogP contribution < -0.4 is 5.32 Å². The van der Waals surface area contributed by atoms with Crippen LogP contribution in [0.5, 0.6) is 0 Å². The molecule has 0 amide bonds. The second-order valence-electron chi connectivity index (χ2n) is 5.76. The van der Waals surface area contributed by atoms with Crippen molar-refractivity contribution in [2.45, 2.75) is 54.9 Å². The topological polar surface area (TPSA) is 12.0 Å². The smallest absolute Gasteiger partial charge is 0.0402 e. The van der Waals surface area contributed by atoms with Crippen LogP contribution in [0.4, 0.5) is 5.69 Å². The van der Waals surface area contributed by atoms with Gasteiger partial charge in [0.05, 0.1) is 0 Å². The zero-order valence-electron chi connectivity index (χ0n) is 14.4. The van der Waals surface area contributed by atoms with Gasteiger partial charge in [0.25, 0.3) is 0 Å². The van der Waals surface area contributed by atoms with Crippen molar-refractivity contribution < 1.29 is 0 Å². The largest absolute Gasteiger partial charge is 0.388 e. The Kier molecular flexibility index (Phi) is 5.62. The monoisotopic (exact) mass is 271 g/mol. The van der Waals surface area contributed by atoms with Crippen molar-refractivity contribution in [1.82, 2.24) is 0 Å². The average molecular weight is 271 g/mol. The quantitative estimate of drug-likeness (QED) is 0.705. The standard InChI is InChI=1S/C12H19N.C7H10/c1-7-8(2)10(4)12(13-6)11(5)9(7)3;1-6-4-3-5-7(6)2/h13H,1-6H3;4-5H,3H2,1-2H3. The van der Waals surface area contributed by atoms with Gasteiger partial charge in [-0.15, -0.1) is 0 Å². The Bertz CT molecular complexity index is 515. The van der Waals surface area contributed by atoms with Crippen molar-refractivity contribution in [2.75, 3.05) is 12.4 Å². The normalized spacial score (nSPS) is 13.4. The predicted octanol–water partition coefficient (Wildman–Crippen LogP) is 5.55. The van der Waals surface area contributed by atoms with Crippen LogP contribution in [0.25, 0.3) is 0 Å². The molecule has 0 fully saturated rings. The molecule has 0 bridgehead atoms. The third-order valence-corrected chi connectivity index (χ3v) is 4.72. The third kappa shape index (κ3) is 3.33. The van der Waals surface area contributed by atoms with E-state index in [0.717, 1.165) is 6.42 Å². The lowest BCUT2D eigenvalue weighted by atomic mass is 9.93. The van der Waals surface area contributed by atoms with Gasteiger partial charge >= 0.3 is 0 Å². The fourth-order valence-corrected chi connectivity index (χ4v) is 2.61. The molecule has 1 aliphatic rings. The molecule has 20 heavy (non-hydrogen) atoms. The maximum atomic E-state index is 3.27. The van der Waals surface area contributed by atoms with Gasteiger partial charge in [0.2, 0.25) is 0 Å². The highest BCUT2D eigenvalue weighted by molar-refractivity contribution is 5.64. The third-order valence-electron chi connectivity index (χ3n) is 4.72. The molecular weight excluding hydrogens is 242 g/mol. The average Bonchev–Trinajstić information content (AvgIpc) is 2.80. The molecule has 2 rings (SSSR count). The Balaban J connectivity index is 0.000000240. The molecule has 1 aliphatic carbocycles. The lowest BCUT2D eigenvalue weighted by Crippen LogP contribution is -2.02. The van der Waals surface area contributed by atoms with E-state index in [9.17, 15) is 0 Å². The Labute approximate surface area is 124 Å². The van der Waals surface area contributed by atoms with Crippen LogP contribution in [-0.4, -0.2) is 7.05 Å². The molecule has 0 radical (unpaired) electrons. The molecule has 1 aromatic carbocycles. The number of anilines is 1. The maximum Gasteiger partial charge on any atom is 0.0402 e. The summed E-state index contributed by atoms with van der Waals surface area (Å²) in [5.41, 5.74) is 11.2. The molecule has 1 heteroatoms. The number of nitrogens with one attached hydrogen (secondary N) is 1. The lowest BCUT2D eigenvalue weighted by molar-refractivity contribution is 1.17. The van der Waals surface area contributed by atoms with Crippen molar-refractivity contribution in [2.24, 2.45) is 0 Å². The van der Waals surface area contributed by atoms with Crippen LogP contribution in [0, 0.1) is 34.6 Å². The molecule has 1 nitrogen and oxygen atoms in total. The van der Waals surface area contributed by atoms with E-state index in [0.29, 0.717) is 0 Å². The van der Waals surface area contributed by atoms with E-state index in [1.165, 1.54) is 44.7 Å². The fourth-order valence-electron chi connectivity index (χ4n) is 2.61. The molecule has 110 valence electrons. The Morgan fingerprint density at radius 1 is 0.650 bits per heavy atom. The second kappa shape index (κ2) is 6.78. The molecule has 0 heterocycles. The molecule has 1 N–H and O–H groups in total. The van der Waals surface area contributed by atoms with Crippen molar-refractivity contribution in [3.05, 3.63) is 51.1 Å². The first-order valence-electron chi connectivity index (χ1n) is 7.39. The summed E-state index contributed by atoms with van der Waals surface area (Å²) in [6.45, 7) is 15.2. The van der Waals surface area contributed by atoms with Crippen LogP contribution in [0.15, 0.2) is 23.3 Å². The van der Waals surface area contributed by atoms with Crippen LogP contribution in [0.2, 0.25) is 0 Å². The van der Waals surface area contributed by atoms with Gasteiger partial charge in [-0.05, 0) is 82.7 Å². The summed E-state index contributed by atoms with van der Waals surface area (Å²) in [4.78, 5) is 0. The highest BCUT2D eigenvalue weighted by Gasteiger charge is 2.10. The fraction of sp³-hybridized carbons (Fsp3) is 0.474.